The topological polar surface area (TPSA) is 69.7 Å². The highest BCUT2D eigenvalue weighted by Gasteiger charge is 2.47. The van der Waals surface area contributed by atoms with Crippen LogP contribution in [0.15, 0.2) is 22.9 Å². The highest BCUT2D eigenvalue weighted by atomic mass is 79.9. The molecule has 7 heteroatoms. The van der Waals surface area contributed by atoms with Crippen LogP contribution < -0.4 is 5.32 Å². The van der Waals surface area contributed by atoms with Crippen LogP contribution in [0.1, 0.15) is 52.0 Å². The van der Waals surface area contributed by atoms with Crippen LogP contribution >= 0.6 is 15.9 Å². The Morgan fingerprint density at radius 1 is 1.33 bits per heavy atom. The van der Waals surface area contributed by atoms with Crippen molar-refractivity contribution >= 4 is 21.9 Å². The monoisotopic (exact) mass is 440 g/mol. The molecule has 2 heterocycles. The molecular formula is C20H29BrN2O4. The van der Waals surface area contributed by atoms with Gasteiger partial charge in [-0.1, -0.05) is 6.07 Å². The number of nitrogens with one attached hydrogen (secondary N) is 1. The molecule has 0 bridgehead atoms. The summed E-state index contributed by atoms with van der Waals surface area (Å²) in [7, 11) is 0. The Morgan fingerprint density at radius 2 is 2.07 bits per heavy atom. The van der Waals surface area contributed by atoms with Crippen molar-refractivity contribution in [2.45, 2.75) is 63.3 Å². The largest absolute Gasteiger partial charge is 0.458 e. The first-order valence-corrected chi connectivity index (χ1v) is 10.3. The van der Waals surface area contributed by atoms with E-state index in [-0.39, 0.29) is 18.2 Å². The lowest BCUT2D eigenvalue weighted by Gasteiger charge is -2.48. The minimum Gasteiger partial charge on any atom is -0.458 e. The predicted molar refractivity (Wildman–Crippen MR) is 105 cm³/mol. The molecule has 6 nitrogen and oxygen atoms in total. The van der Waals surface area contributed by atoms with Crippen LogP contribution in [0.3, 0.4) is 0 Å². The lowest BCUT2D eigenvalue weighted by Crippen LogP contribution is -2.54. The zero-order chi connectivity index (χ0) is 19.5. The standard InChI is InChI=1S/C20H29BrN2O4/c1-18(2,3)27-16(24)13-26-20(15-5-4-10-23-17(15)21)8-6-19(7-9-20)14-22-11-12-25-19/h4-5,10,22H,6-9,11-14H2,1-3H3. The number of hydrogen-bond donors (Lipinski definition) is 1. The first-order chi connectivity index (χ1) is 12.7. The number of morpholine rings is 1. The molecule has 1 aromatic heterocycles. The Hall–Kier alpha value is -1.02. The summed E-state index contributed by atoms with van der Waals surface area (Å²) in [5, 5.41) is 3.44. The minimum absolute atomic E-state index is 0.0787. The van der Waals surface area contributed by atoms with E-state index in [4.69, 9.17) is 14.2 Å². The number of hydrogen-bond acceptors (Lipinski definition) is 6. The van der Waals surface area contributed by atoms with Gasteiger partial charge in [0.25, 0.3) is 0 Å². The molecule has 0 radical (unpaired) electrons. The third kappa shape index (κ3) is 5.08. The summed E-state index contributed by atoms with van der Waals surface area (Å²) >= 11 is 3.56. The van der Waals surface area contributed by atoms with Gasteiger partial charge in [0.1, 0.15) is 16.8 Å². The summed E-state index contributed by atoms with van der Waals surface area (Å²) in [6, 6.07) is 3.92. The van der Waals surface area contributed by atoms with Crippen LogP contribution in [-0.2, 0) is 24.6 Å². The van der Waals surface area contributed by atoms with Crippen molar-refractivity contribution in [2.75, 3.05) is 26.3 Å². The molecule has 2 fully saturated rings. The van der Waals surface area contributed by atoms with Gasteiger partial charge in [-0.2, -0.15) is 0 Å². The minimum atomic E-state index is -0.573. The van der Waals surface area contributed by atoms with Gasteiger partial charge < -0.3 is 19.5 Å². The molecule has 1 aromatic rings. The molecule has 1 saturated heterocycles. The van der Waals surface area contributed by atoms with Crippen LogP contribution in [0.2, 0.25) is 0 Å². The number of carbonyl (C=O) groups excluding carboxylic acids is 1. The van der Waals surface area contributed by atoms with Crippen LogP contribution in [0.4, 0.5) is 0 Å². The maximum absolute atomic E-state index is 12.2. The zero-order valence-electron chi connectivity index (χ0n) is 16.3. The fourth-order valence-corrected chi connectivity index (χ4v) is 4.53. The van der Waals surface area contributed by atoms with E-state index < -0.39 is 11.2 Å². The number of ether oxygens (including phenoxy) is 3. The van der Waals surface area contributed by atoms with Gasteiger partial charge >= 0.3 is 5.97 Å². The van der Waals surface area contributed by atoms with Crippen LogP contribution in [-0.4, -0.2) is 48.5 Å². The lowest BCUT2D eigenvalue weighted by molar-refractivity contribution is -0.179. The molecule has 1 aliphatic carbocycles. The fraction of sp³-hybridized carbons (Fsp3) is 0.700. The zero-order valence-corrected chi connectivity index (χ0v) is 17.9. The van der Waals surface area contributed by atoms with E-state index in [0.717, 1.165) is 55.5 Å². The molecule has 0 atom stereocenters. The molecule has 1 spiro atoms. The van der Waals surface area contributed by atoms with Gasteiger partial charge in [-0.3, -0.25) is 0 Å². The molecule has 150 valence electrons. The van der Waals surface area contributed by atoms with Crippen LogP contribution in [0.25, 0.3) is 0 Å². The van der Waals surface area contributed by atoms with Crippen LogP contribution in [0, 0.1) is 0 Å². The molecule has 0 aromatic carbocycles. The molecule has 1 N–H and O–H groups in total. The summed E-state index contributed by atoms with van der Waals surface area (Å²) in [6.07, 6.45) is 5.02. The van der Waals surface area contributed by atoms with E-state index in [1.54, 1.807) is 6.20 Å². The summed E-state index contributed by atoms with van der Waals surface area (Å²) in [5.74, 6) is -0.349. The van der Waals surface area contributed by atoms with Gasteiger partial charge in [0.05, 0.1) is 17.8 Å². The van der Waals surface area contributed by atoms with Gasteiger partial charge in [-0.05, 0) is 68.5 Å². The van der Waals surface area contributed by atoms with Gasteiger partial charge in [-0.25, -0.2) is 9.78 Å². The number of rotatable bonds is 4. The fourth-order valence-electron chi connectivity index (χ4n) is 3.92. The van der Waals surface area contributed by atoms with Gasteiger partial charge in [-0.15, -0.1) is 0 Å². The summed E-state index contributed by atoms with van der Waals surface area (Å²) < 4.78 is 18.6. The first kappa shape index (κ1) is 20.7. The Morgan fingerprint density at radius 3 is 2.67 bits per heavy atom. The second-order valence-electron chi connectivity index (χ2n) is 8.42. The van der Waals surface area contributed by atoms with E-state index in [1.165, 1.54) is 0 Å². The van der Waals surface area contributed by atoms with Crippen molar-refractivity contribution in [1.29, 1.82) is 0 Å². The third-order valence-electron chi connectivity index (χ3n) is 5.24. The van der Waals surface area contributed by atoms with Crippen molar-refractivity contribution in [1.82, 2.24) is 10.3 Å². The predicted octanol–water partition coefficient (Wildman–Crippen LogP) is 3.33. The second kappa shape index (κ2) is 8.15. The average Bonchev–Trinajstić information content (AvgIpc) is 2.62. The van der Waals surface area contributed by atoms with Gasteiger partial charge in [0.15, 0.2) is 0 Å². The van der Waals surface area contributed by atoms with Gasteiger partial charge in [0, 0.05) is 24.8 Å². The van der Waals surface area contributed by atoms with E-state index >= 15 is 0 Å². The molecule has 1 saturated carbocycles. The molecule has 1 aliphatic heterocycles. The number of carbonyl (C=O) groups is 1. The molecule has 2 aliphatic rings. The Bertz CT molecular complexity index is 658. The lowest BCUT2D eigenvalue weighted by atomic mass is 9.72. The normalized spacial score (nSPS) is 28.9. The van der Waals surface area contributed by atoms with E-state index in [0.29, 0.717) is 0 Å². The smallest absolute Gasteiger partial charge is 0.332 e. The molecule has 0 amide bonds. The number of esters is 1. The summed E-state index contributed by atoms with van der Waals surface area (Å²) in [6.45, 7) is 8.00. The van der Waals surface area contributed by atoms with E-state index in [9.17, 15) is 4.79 Å². The van der Waals surface area contributed by atoms with Crippen molar-refractivity contribution in [3.63, 3.8) is 0 Å². The highest BCUT2D eigenvalue weighted by Crippen LogP contribution is 2.47. The van der Waals surface area contributed by atoms with Crippen molar-refractivity contribution in [3.8, 4) is 0 Å². The van der Waals surface area contributed by atoms with E-state index in [1.807, 2.05) is 32.9 Å². The number of nitrogens with zero attached hydrogens (tertiary/aromatic N) is 1. The average molecular weight is 441 g/mol. The second-order valence-corrected chi connectivity index (χ2v) is 9.17. The first-order valence-electron chi connectivity index (χ1n) is 9.55. The van der Waals surface area contributed by atoms with Crippen molar-refractivity contribution in [2.24, 2.45) is 0 Å². The Kier molecular flexibility index (Phi) is 6.25. The highest BCUT2D eigenvalue weighted by molar-refractivity contribution is 9.10. The molecular weight excluding hydrogens is 412 g/mol. The SMILES string of the molecule is CC(C)(C)OC(=O)COC1(c2cccnc2Br)CCC2(CC1)CNCCO2. The summed E-state index contributed by atoms with van der Waals surface area (Å²) in [5.41, 5.74) is -0.255. The van der Waals surface area contributed by atoms with Crippen molar-refractivity contribution in [3.05, 3.63) is 28.5 Å². The number of pyridine rings is 1. The molecule has 27 heavy (non-hydrogen) atoms. The third-order valence-corrected chi connectivity index (χ3v) is 5.87. The number of halogens is 1. The Balaban J connectivity index is 1.77. The summed E-state index contributed by atoms with van der Waals surface area (Å²) in [4.78, 5) is 16.6. The van der Waals surface area contributed by atoms with Gasteiger partial charge in [0.2, 0.25) is 0 Å². The molecule has 3 rings (SSSR count). The van der Waals surface area contributed by atoms with E-state index in [2.05, 4.69) is 26.2 Å². The maximum atomic E-state index is 12.2. The number of aromatic nitrogens is 1. The molecule has 0 unspecified atom stereocenters. The Labute approximate surface area is 169 Å². The van der Waals surface area contributed by atoms with Crippen LogP contribution in [0.5, 0.6) is 0 Å². The quantitative estimate of drug-likeness (QED) is 0.571. The van der Waals surface area contributed by atoms with Crippen molar-refractivity contribution < 1.29 is 19.0 Å². The maximum Gasteiger partial charge on any atom is 0.332 e.